The Labute approximate surface area is 149 Å². The van der Waals surface area contributed by atoms with Crippen molar-refractivity contribution in [1.29, 1.82) is 0 Å². The van der Waals surface area contributed by atoms with Crippen LogP contribution in [-0.4, -0.2) is 14.2 Å². The summed E-state index contributed by atoms with van der Waals surface area (Å²) in [7, 11) is 3.25. The molecular weight excluding hydrogens is 351 g/mol. The van der Waals surface area contributed by atoms with Gasteiger partial charge in [0.05, 0.1) is 24.3 Å². The van der Waals surface area contributed by atoms with Gasteiger partial charge in [0.1, 0.15) is 11.5 Å². The van der Waals surface area contributed by atoms with E-state index in [1.54, 1.807) is 25.6 Å². The van der Waals surface area contributed by atoms with E-state index in [9.17, 15) is 0 Å². The first kappa shape index (κ1) is 16.2. The highest BCUT2D eigenvalue weighted by Gasteiger charge is 2.15. The average Bonchev–Trinajstić information content (AvgIpc) is 3.03. The van der Waals surface area contributed by atoms with Crippen molar-refractivity contribution in [3.05, 3.63) is 57.9 Å². The molecule has 0 aliphatic heterocycles. The Morgan fingerprint density at radius 3 is 1.83 bits per heavy atom. The Morgan fingerprint density at radius 2 is 1.30 bits per heavy atom. The smallest absolute Gasteiger partial charge is 0.120 e. The summed E-state index contributed by atoms with van der Waals surface area (Å²) in [5.41, 5.74) is 2.97. The summed E-state index contributed by atoms with van der Waals surface area (Å²) in [5, 5.41) is 3.33. The van der Waals surface area contributed by atoms with Gasteiger partial charge in [0.2, 0.25) is 0 Å². The molecule has 0 fully saturated rings. The van der Waals surface area contributed by atoms with Gasteiger partial charge in [0, 0.05) is 21.6 Å². The number of ether oxygens (including phenoxy) is 2. The molecule has 3 aromatic rings. The second-order valence-electron chi connectivity index (χ2n) is 4.85. The largest absolute Gasteiger partial charge is 0.497 e. The van der Waals surface area contributed by atoms with Gasteiger partial charge >= 0.3 is 0 Å². The molecule has 0 spiro atoms. The summed E-state index contributed by atoms with van der Waals surface area (Å²) in [6.45, 7) is 0. The van der Waals surface area contributed by atoms with Crippen molar-refractivity contribution in [2.45, 2.75) is 0 Å². The van der Waals surface area contributed by atoms with Crippen molar-refractivity contribution < 1.29 is 9.47 Å². The monoisotopic (exact) mass is 364 g/mol. The Bertz CT molecular complexity index is 775. The lowest BCUT2D eigenvalue weighted by Gasteiger charge is -2.10. The maximum absolute atomic E-state index is 6.42. The van der Waals surface area contributed by atoms with E-state index >= 15 is 0 Å². The molecule has 1 heterocycles. The van der Waals surface area contributed by atoms with Gasteiger partial charge in [0.15, 0.2) is 0 Å². The average molecular weight is 365 g/mol. The second kappa shape index (κ2) is 6.83. The van der Waals surface area contributed by atoms with Crippen LogP contribution in [0, 0.1) is 0 Å². The first-order valence-electron chi connectivity index (χ1n) is 6.89. The fraction of sp³-hybridized carbons (Fsp3) is 0.111. The highest BCUT2D eigenvalue weighted by atomic mass is 35.5. The van der Waals surface area contributed by atoms with Crippen LogP contribution >= 0.6 is 34.5 Å². The van der Waals surface area contributed by atoms with E-state index < -0.39 is 0 Å². The number of methoxy groups -OCH3 is 2. The van der Waals surface area contributed by atoms with Crippen LogP contribution in [0.2, 0.25) is 10.0 Å². The third-order valence-electron chi connectivity index (χ3n) is 3.55. The first-order chi connectivity index (χ1) is 11.1. The Kier molecular flexibility index (Phi) is 4.81. The lowest BCUT2D eigenvalue weighted by molar-refractivity contribution is 0.415. The van der Waals surface area contributed by atoms with Gasteiger partial charge in [-0.15, -0.1) is 11.3 Å². The number of thiophene rings is 1. The van der Waals surface area contributed by atoms with Gasteiger partial charge in [-0.05, 0) is 47.8 Å². The molecule has 2 aromatic carbocycles. The van der Waals surface area contributed by atoms with E-state index in [-0.39, 0.29) is 0 Å². The van der Waals surface area contributed by atoms with E-state index in [2.05, 4.69) is 0 Å². The van der Waals surface area contributed by atoms with Crippen molar-refractivity contribution in [2.24, 2.45) is 0 Å². The molecule has 0 amide bonds. The third-order valence-corrected chi connectivity index (χ3v) is 5.13. The molecule has 0 N–H and O–H groups in total. The molecule has 2 nitrogen and oxygen atoms in total. The number of hydrogen-bond donors (Lipinski definition) is 0. The zero-order valence-electron chi connectivity index (χ0n) is 12.6. The van der Waals surface area contributed by atoms with E-state index in [0.717, 1.165) is 33.1 Å². The van der Waals surface area contributed by atoms with Gasteiger partial charge in [0.25, 0.3) is 0 Å². The van der Waals surface area contributed by atoms with Gasteiger partial charge in [-0.25, -0.2) is 0 Å². The standard InChI is InChI=1S/C18H14Cl2O2S/c1-21-11-3-5-13(16(19)9-11)14-7-8-23-18(14)15-6-4-12(22-2)10-17(15)20/h3-10H,1-2H3. The Hall–Kier alpha value is -1.68. The summed E-state index contributed by atoms with van der Waals surface area (Å²) in [6, 6.07) is 13.4. The maximum atomic E-state index is 6.42. The molecule has 5 heteroatoms. The molecular formula is C18H14Cl2O2S. The van der Waals surface area contributed by atoms with Crippen LogP contribution in [0.25, 0.3) is 21.6 Å². The molecule has 0 atom stereocenters. The normalized spacial score (nSPS) is 10.6. The summed E-state index contributed by atoms with van der Waals surface area (Å²) in [5.74, 6) is 1.47. The molecule has 118 valence electrons. The summed E-state index contributed by atoms with van der Waals surface area (Å²) < 4.78 is 10.4. The Morgan fingerprint density at radius 1 is 0.739 bits per heavy atom. The number of rotatable bonds is 4. The highest BCUT2D eigenvalue weighted by Crippen LogP contribution is 2.43. The maximum Gasteiger partial charge on any atom is 0.120 e. The van der Waals surface area contributed by atoms with Crippen LogP contribution < -0.4 is 9.47 Å². The van der Waals surface area contributed by atoms with Gasteiger partial charge in [-0.3, -0.25) is 0 Å². The molecule has 0 aliphatic rings. The lowest BCUT2D eigenvalue weighted by atomic mass is 10.0. The van der Waals surface area contributed by atoms with Crippen LogP contribution in [0.4, 0.5) is 0 Å². The quantitative estimate of drug-likeness (QED) is 0.532. The minimum Gasteiger partial charge on any atom is -0.497 e. The van der Waals surface area contributed by atoms with Crippen LogP contribution in [0.15, 0.2) is 47.8 Å². The van der Waals surface area contributed by atoms with Crippen LogP contribution in [0.3, 0.4) is 0 Å². The molecule has 0 aliphatic carbocycles. The van der Waals surface area contributed by atoms with Crippen molar-refractivity contribution in [3.8, 4) is 33.1 Å². The zero-order valence-corrected chi connectivity index (χ0v) is 14.9. The minimum atomic E-state index is 0.647. The SMILES string of the molecule is COc1ccc(-c2ccsc2-c2ccc(OC)cc2Cl)c(Cl)c1. The van der Waals surface area contributed by atoms with Crippen molar-refractivity contribution in [3.63, 3.8) is 0 Å². The van der Waals surface area contributed by atoms with Gasteiger partial charge < -0.3 is 9.47 Å². The first-order valence-corrected chi connectivity index (χ1v) is 8.53. The second-order valence-corrected chi connectivity index (χ2v) is 6.59. The van der Waals surface area contributed by atoms with Crippen molar-refractivity contribution in [1.82, 2.24) is 0 Å². The predicted molar refractivity (Wildman–Crippen MR) is 98.3 cm³/mol. The summed E-state index contributed by atoms with van der Waals surface area (Å²) >= 11 is 14.5. The predicted octanol–water partition coefficient (Wildman–Crippen LogP) is 6.41. The van der Waals surface area contributed by atoms with Crippen LogP contribution in [0.1, 0.15) is 0 Å². The molecule has 0 bridgehead atoms. The van der Waals surface area contributed by atoms with E-state index in [1.165, 1.54) is 0 Å². The fourth-order valence-corrected chi connectivity index (χ4v) is 3.92. The van der Waals surface area contributed by atoms with Crippen LogP contribution in [0.5, 0.6) is 11.5 Å². The molecule has 0 unspecified atom stereocenters. The van der Waals surface area contributed by atoms with Gasteiger partial charge in [-0.2, -0.15) is 0 Å². The van der Waals surface area contributed by atoms with E-state index in [1.807, 2.05) is 47.8 Å². The molecule has 23 heavy (non-hydrogen) atoms. The molecule has 0 radical (unpaired) electrons. The van der Waals surface area contributed by atoms with Crippen molar-refractivity contribution in [2.75, 3.05) is 14.2 Å². The topological polar surface area (TPSA) is 18.5 Å². The zero-order chi connectivity index (χ0) is 16.4. The molecule has 1 aromatic heterocycles. The number of halogens is 2. The third kappa shape index (κ3) is 3.18. The lowest BCUT2D eigenvalue weighted by Crippen LogP contribution is -1.87. The number of hydrogen-bond acceptors (Lipinski definition) is 3. The summed E-state index contributed by atoms with van der Waals surface area (Å²) in [4.78, 5) is 1.07. The van der Waals surface area contributed by atoms with Gasteiger partial charge in [-0.1, -0.05) is 23.2 Å². The minimum absolute atomic E-state index is 0.647. The van der Waals surface area contributed by atoms with Crippen LogP contribution in [-0.2, 0) is 0 Å². The van der Waals surface area contributed by atoms with E-state index in [4.69, 9.17) is 32.7 Å². The fourth-order valence-electron chi connectivity index (χ4n) is 2.38. The molecule has 0 saturated carbocycles. The molecule has 0 saturated heterocycles. The molecule has 3 rings (SSSR count). The number of benzene rings is 2. The Balaban J connectivity index is 2.10. The van der Waals surface area contributed by atoms with E-state index in [0.29, 0.717) is 10.0 Å². The highest BCUT2D eigenvalue weighted by molar-refractivity contribution is 7.14. The summed E-state index contributed by atoms with van der Waals surface area (Å²) in [6.07, 6.45) is 0. The van der Waals surface area contributed by atoms with Crippen molar-refractivity contribution >= 4 is 34.5 Å².